The summed E-state index contributed by atoms with van der Waals surface area (Å²) in [5.41, 5.74) is 0.772. The van der Waals surface area contributed by atoms with Gasteiger partial charge in [-0.1, -0.05) is 30.3 Å². The molecule has 0 bridgehead atoms. The van der Waals surface area contributed by atoms with E-state index < -0.39 is 17.5 Å². The van der Waals surface area contributed by atoms with E-state index in [9.17, 15) is 14.4 Å². The standard InChI is InChI=1S/C16H12N2O5/c19-14-12-8-11(6-7-13(12)18-16(21)23-14)17-15(20)22-9-10-4-2-1-3-5-10/h1-8H,9H2,(H,17,20)(H,18,21). The number of fused-ring (bicyclic) bond motifs is 1. The number of aromatic amines is 1. The Hall–Kier alpha value is -3.35. The van der Waals surface area contributed by atoms with Crippen molar-refractivity contribution in [3.8, 4) is 0 Å². The predicted octanol–water partition coefficient (Wildman–Crippen LogP) is 2.23. The summed E-state index contributed by atoms with van der Waals surface area (Å²) >= 11 is 0. The molecule has 0 atom stereocenters. The number of hydrogen-bond donors (Lipinski definition) is 2. The molecule has 2 N–H and O–H groups in total. The molecule has 0 saturated heterocycles. The van der Waals surface area contributed by atoms with Gasteiger partial charge in [0.05, 0.1) is 10.9 Å². The summed E-state index contributed by atoms with van der Waals surface area (Å²) < 4.78 is 9.53. The highest BCUT2D eigenvalue weighted by Gasteiger charge is 2.07. The van der Waals surface area contributed by atoms with Crippen molar-refractivity contribution in [2.24, 2.45) is 0 Å². The van der Waals surface area contributed by atoms with Crippen molar-refractivity contribution in [2.45, 2.75) is 6.61 Å². The molecular weight excluding hydrogens is 300 g/mol. The van der Waals surface area contributed by atoms with Crippen LogP contribution < -0.4 is 16.7 Å². The van der Waals surface area contributed by atoms with Crippen molar-refractivity contribution in [3.05, 3.63) is 75.1 Å². The molecule has 2 aromatic carbocycles. The van der Waals surface area contributed by atoms with E-state index in [1.54, 1.807) is 6.07 Å². The first-order chi connectivity index (χ1) is 11.1. The Morgan fingerprint density at radius 2 is 1.91 bits per heavy atom. The fourth-order valence-electron chi connectivity index (χ4n) is 2.05. The van der Waals surface area contributed by atoms with E-state index in [0.717, 1.165) is 5.56 Å². The maximum atomic E-state index is 11.8. The number of aromatic nitrogens is 1. The molecule has 1 heterocycles. The van der Waals surface area contributed by atoms with E-state index in [2.05, 4.69) is 14.7 Å². The molecule has 0 aliphatic carbocycles. The first-order valence-electron chi connectivity index (χ1n) is 6.77. The summed E-state index contributed by atoms with van der Waals surface area (Å²) in [6, 6.07) is 13.7. The molecule has 3 aromatic rings. The highest BCUT2D eigenvalue weighted by Crippen LogP contribution is 2.14. The van der Waals surface area contributed by atoms with Crippen molar-refractivity contribution in [1.82, 2.24) is 4.98 Å². The van der Waals surface area contributed by atoms with Crippen molar-refractivity contribution in [1.29, 1.82) is 0 Å². The third-order valence-corrected chi connectivity index (χ3v) is 3.12. The molecule has 1 aromatic heterocycles. The van der Waals surface area contributed by atoms with Crippen LogP contribution in [-0.2, 0) is 11.3 Å². The molecular formula is C16H12N2O5. The van der Waals surface area contributed by atoms with Gasteiger partial charge in [0.25, 0.3) is 0 Å². The second-order valence-corrected chi connectivity index (χ2v) is 4.75. The van der Waals surface area contributed by atoms with Gasteiger partial charge in [-0.15, -0.1) is 0 Å². The van der Waals surface area contributed by atoms with E-state index in [0.29, 0.717) is 11.2 Å². The molecule has 7 heteroatoms. The summed E-state index contributed by atoms with van der Waals surface area (Å²) in [6.07, 6.45) is -0.651. The van der Waals surface area contributed by atoms with E-state index >= 15 is 0 Å². The Morgan fingerprint density at radius 3 is 2.70 bits per heavy atom. The number of rotatable bonds is 3. The number of benzene rings is 2. The van der Waals surface area contributed by atoms with Crippen LogP contribution in [0.5, 0.6) is 0 Å². The lowest BCUT2D eigenvalue weighted by Crippen LogP contribution is -2.16. The number of anilines is 1. The zero-order chi connectivity index (χ0) is 16.2. The molecule has 0 unspecified atom stereocenters. The van der Waals surface area contributed by atoms with Crippen LogP contribution in [0.2, 0.25) is 0 Å². The van der Waals surface area contributed by atoms with Gasteiger partial charge in [0.1, 0.15) is 6.61 Å². The first kappa shape index (κ1) is 14.6. The van der Waals surface area contributed by atoms with Gasteiger partial charge in [-0.2, -0.15) is 0 Å². The van der Waals surface area contributed by atoms with Gasteiger partial charge in [-0.3, -0.25) is 10.3 Å². The highest BCUT2D eigenvalue weighted by atomic mass is 16.5. The Balaban J connectivity index is 1.72. The van der Waals surface area contributed by atoms with Gasteiger partial charge in [-0.05, 0) is 23.8 Å². The van der Waals surface area contributed by atoms with Crippen LogP contribution in [0.3, 0.4) is 0 Å². The van der Waals surface area contributed by atoms with E-state index in [1.807, 2.05) is 30.3 Å². The maximum Gasteiger partial charge on any atom is 0.419 e. The Labute approximate surface area is 129 Å². The fraction of sp³-hybridized carbons (Fsp3) is 0.0625. The van der Waals surface area contributed by atoms with Crippen molar-refractivity contribution in [3.63, 3.8) is 0 Å². The largest absolute Gasteiger partial charge is 0.444 e. The number of H-pyrrole nitrogens is 1. The lowest BCUT2D eigenvalue weighted by atomic mass is 10.2. The Bertz CT molecular complexity index is 959. The maximum absolute atomic E-state index is 11.8. The van der Waals surface area contributed by atoms with Crippen LogP contribution in [0.25, 0.3) is 10.9 Å². The average Bonchev–Trinajstić information content (AvgIpc) is 2.54. The third kappa shape index (κ3) is 3.46. The molecule has 0 aliphatic heterocycles. The SMILES string of the molecule is O=C(Nc1ccc2[nH]c(=O)oc(=O)c2c1)OCc1ccccc1. The quantitative estimate of drug-likeness (QED) is 0.772. The number of ether oxygens (including phenoxy) is 1. The summed E-state index contributed by atoms with van der Waals surface area (Å²) in [5, 5.41) is 2.67. The highest BCUT2D eigenvalue weighted by molar-refractivity contribution is 5.89. The molecule has 23 heavy (non-hydrogen) atoms. The Morgan fingerprint density at radius 1 is 1.13 bits per heavy atom. The fourth-order valence-corrected chi connectivity index (χ4v) is 2.05. The lowest BCUT2D eigenvalue weighted by Gasteiger charge is -2.07. The molecule has 0 radical (unpaired) electrons. The van der Waals surface area contributed by atoms with E-state index in [-0.39, 0.29) is 12.0 Å². The van der Waals surface area contributed by atoms with Gasteiger partial charge >= 0.3 is 17.5 Å². The molecule has 0 fully saturated rings. The minimum Gasteiger partial charge on any atom is -0.444 e. The second kappa shape index (κ2) is 6.18. The smallest absolute Gasteiger partial charge is 0.419 e. The van der Waals surface area contributed by atoms with Gasteiger partial charge in [0, 0.05) is 5.69 Å². The van der Waals surface area contributed by atoms with E-state index in [1.165, 1.54) is 12.1 Å². The summed E-state index contributed by atoms with van der Waals surface area (Å²) in [7, 11) is 0. The zero-order valence-electron chi connectivity index (χ0n) is 11.9. The number of hydrogen-bond acceptors (Lipinski definition) is 5. The average molecular weight is 312 g/mol. The van der Waals surface area contributed by atoms with Crippen LogP contribution in [0.1, 0.15) is 5.56 Å². The van der Waals surface area contributed by atoms with Crippen LogP contribution in [0.15, 0.2) is 62.5 Å². The van der Waals surface area contributed by atoms with Crippen molar-refractivity contribution < 1.29 is 13.9 Å². The number of amides is 1. The molecule has 0 saturated carbocycles. The van der Waals surface area contributed by atoms with Gasteiger partial charge in [-0.25, -0.2) is 14.4 Å². The summed E-state index contributed by atoms with van der Waals surface area (Å²) in [5.74, 6) is -0.828. The molecule has 116 valence electrons. The Kier molecular flexibility index (Phi) is 3.92. The molecule has 3 rings (SSSR count). The van der Waals surface area contributed by atoms with Crippen LogP contribution >= 0.6 is 0 Å². The number of carbonyl (C=O) groups is 1. The number of carbonyl (C=O) groups excluding carboxylic acids is 1. The molecule has 0 spiro atoms. The van der Waals surface area contributed by atoms with Crippen LogP contribution in [-0.4, -0.2) is 11.1 Å². The molecule has 0 aliphatic rings. The minimum absolute atomic E-state index is 0.135. The first-order valence-corrected chi connectivity index (χ1v) is 6.77. The molecule has 1 amide bonds. The van der Waals surface area contributed by atoms with Crippen molar-refractivity contribution in [2.75, 3.05) is 5.32 Å². The van der Waals surface area contributed by atoms with Crippen LogP contribution in [0.4, 0.5) is 10.5 Å². The molecule has 7 nitrogen and oxygen atoms in total. The normalized spacial score (nSPS) is 10.4. The van der Waals surface area contributed by atoms with Gasteiger partial charge in [0.2, 0.25) is 0 Å². The van der Waals surface area contributed by atoms with Crippen molar-refractivity contribution >= 4 is 22.7 Å². The van der Waals surface area contributed by atoms with E-state index in [4.69, 9.17) is 4.74 Å². The topological polar surface area (TPSA) is 101 Å². The third-order valence-electron chi connectivity index (χ3n) is 3.12. The zero-order valence-corrected chi connectivity index (χ0v) is 11.9. The number of nitrogens with one attached hydrogen (secondary N) is 2. The summed E-state index contributed by atoms with van der Waals surface area (Å²) in [4.78, 5) is 36.9. The van der Waals surface area contributed by atoms with Crippen LogP contribution in [0, 0.1) is 0 Å². The lowest BCUT2D eigenvalue weighted by molar-refractivity contribution is 0.155. The predicted molar refractivity (Wildman–Crippen MR) is 83.4 cm³/mol. The minimum atomic E-state index is -0.828. The van der Waals surface area contributed by atoms with Gasteiger partial charge in [0.15, 0.2) is 0 Å². The van der Waals surface area contributed by atoms with Gasteiger partial charge < -0.3 is 9.15 Å². The monoisotopic (exact) mass is 312 g/mol. The summed E-state index contributed by atoms with van der Waals surface area (Å²) in [6.45, 7) is 0.135. The second-order valence-electron chi connectivity index (χ2n) is 4.75.